The first-order valence-corrected chi connectivity index (χ1v) is 6.03. The van der Waals surface area contributed by atoms with Crippen LogP contribution in [0.1, 0.15) is 15.9 Å². The van der Waals surface area contributed by atoms with E-state index in [1.807, 2.05) is 5.43 Å². The second kappa shape index (κ2) is 6.97. The number of hydrogen-bond acceptors (Lipinski definition) is 4. The normalized spacial score (nSPS) is 10.5. The van der Waals surface area contributed by atoms with E-state index in [9.17, 15) is 14.0 Å². The molecule has 0 fully saturated rings. The van der Waals surface area contributed by atoms with E-state index in [1.165, 1.54) is 23.1 Å². The van der Waals surface area contributed by atoms with Crippen LogP contribution in [0.5, 0.6) is 0 Å². The van der Waals surface area contributed by atoms with Gasteiger partial charge in [0.1, 0.15) is 5.82 Å². The van der Waals surface area contributed by atoms with E-state index >= 15 is 0 Å². The van der Waals surface area contributed by atoms with Crippen molar-refractivity contribution >= 4 is 11.8 Å². The van der Waals surface area contributed by atoms with Gasteiger partial charge in [-0.2, -0.15) is 0 Å². The molecule has 0 aliphatic carbocycles. The molecule has 0 heterocycles. The maximum absolute atomic E-state index is 13.7. The Labute approximate surface area is 117 Å². The predicted octanol–water partition coefficient (Wildman–Crippen LogP) is -0.0508. The van der Waals surface area contributed by atoms with Gasteiger partial charge in [-0.05, 0) is 25.2 Å². The Kier molecular flexibility index (Phi) is 5.60. The average Bonchev–Trinajstić information content (AvgIpc) is 2.40. The summed E-state index contributed by atoms with van der Waals surface area (Å²) in [5.41, 5.74) is 2.60. The molecule has 6 nitrogen and oxygen atoms in total. The van der Waals surface area contributed by atoms with E-state index in [2.05, 4.69) is 0 Å². The summed E-state index contributed by atoms with van der Waals surface area (Å²) in [6, 6.07) is 3.99. The van der Waals surface area contributed by atoms with Crippen LogP contribution in [-0.4, -0.2) is 49.3 Å². The van der Waals surface area contributed by atoms with Crippen LogP contribution in [0.25, 0.3) is 0 Å². The third-order valence-corrected chi connectivity index (χ3v) is 2.78. The first kappa shape index (κ1) is 16.1. The van der Waals surface area contributed by atoms with Gasteiger partial charge in [-0.15, -0.1) is 0 Å². The fraction of sp³-hybridized carbons (Fsp3) is 0.385. The van der Waals surface area contributed by atoms with Crippen molar-refractivity contribution in [3.05, 3.63) is 35.1 Å². The highest BCUT2D eigenvalue weighted by Gasteiger charge is 2.13. The molecule has 1 aromatic rings. The summed E-state index contributed by atoms with van der Waals surface area (Å²) >= 11 is 0. The molecule has 0 atom stereocenters. The van der Waals surface area contributed by atoms with Gasteiger partial charge in [0.05, 0.1) is 6.54 Å². The molecule has 0 unspecified atom stereocenters. The number of nitrogens with two attached hydrogens (primary N) is 1. The van der Waals surface area contributed by atoms with E-state index < -0.39 is 11.7 Å². The topological polar surface area (TPSA) is 78.7 Å². The highest BCUT2D eigenvalue weighted by molar-refractivity contribution is 5.93. The number of carbonyl (C=O) groups is 2. The summed E-state index contributed by atoms with van der Waals surface area (Å²) in [4.78, 5) is 26.1. The molecule has 7 heteroatoms. The lowest BCUT2D eigenvalue weighted by Gasteiger charge is -2.19. The van der Waals surface area contributed by atoms with E-state index in [1.54, 1.807) is 26.0 Å². The molecule has 2 amide bonds. The Hall–Kier alpha value is -1.99. The molecule has 1 aromatic carbocycles. The van der Waals surface area contributed by atoms with Gasteiger partial charge >= 0.3 is 0 Å². The first-order chi connectivity index (χ1) is 9.35. The van der Waals surface area contributed by atoms with Gasteiger partial charge in [0.2, 0.25) is 5.91 Å². The maximum atomic E-state index is 13.7. The van der Waals surface area contributed by atoms with Gasteiger partial charge in [0.25, 0.3) is 5.91 Å². The molecule has 0 aromatic heterocycles. The molecule has 3 N–H and O–H groups in total. The van der Waals surface area contributed by atoms with Gasteiger partial charge in [-0.25, -0.2) is 10.2 Å². The number of hydrogen-bond donors (Lipinski definition) is 2. The minimum Gasteiger partial charge on any atom is -0.348 e. The molecule has 0 aliphatic heterocycles. The molecule has 1 rings (SSSR count). The second-order valence-electron chi connectivity index (χ2n) is 4.74. The number of nitrogens with one attached hydrogen (secondary N) is 1. The number of amides is 2. The lowest BCUT2D eigenvalue weighted by molar-refractivity contribution is -0.129. The number of rotatable bonds is 5. The van der Waals surface area contributed by atoms with Crippen LogP contribution in [0.15, 0.2) is 18.2 Å². The zero-order chi connectivity index (χ0) is 15.3. The van der Waals surface area contributed by atoms with Crippen molar-refractivity contribution in [2.24, 2.45) is 5.84 Å². The fourth-order valence-electron chi connectivity index (χ4n) is 1.64. The van der Waals surface area contributed by atoms with Gasteiger partial charge in [-0.3, -0.25) is 19.9 Å². The first-order valence-electron chi connectivity index (χ1n) is 6.03. The van der Waals surface area contributed by atoms with Crippen molar-refractivity contribution in [2.45, 2.75) is 6.54 Å². The largest absolute Gasteiger partial charge is 0.348 e. The Morgan fingerprint density at radius 3 is 2.50 bits per heavy atom. The number of halogens is 1. The third-order valence-electron chi connectivity index (χ3n) is 2.78. The number of nitrogens with zero attached hydrogens (tertiary/aromatic N) is 2. The molecule has 0 spiro atoms. The zero-order valence-corrected chi connectivity index (χ0v) is 11.8. The van der Waals surface area contributed by atoms with Crippen LogP contribution in [0.3, 0.4) is 0 Å². The van der Waals surface area contributed by atoms with Crippen molar-refractivity contribution in [3.8, 4) is 0 Å². The fourth-order valence-corrected chi connectivity index (χ4v) is 1.64. The van der Waals surface area contributed by atoms with Crippen LogP contribution < -0.4 is 11.3 Å². The van der Waals surface area contributed by atoms with Crippen LogP contribution >= 0.6 is 0 Å². The molecule has 0 bridgehead atoms. The lowest BCUT2D eigenvalue weighted by atomic mass is 10.1. The molecule has 110 valence electrons. The van der Waals surface area contributed by atoms with Crippen molar-refractivity contribution < 1.29 is 14.0 Å². The molecular weight excluding hydrogens is 263 g/mol. The van der Waals surface area contributed by atoms with E-state index in [4.69, 9.17) is 5.84 Å². The summed E-state index contributed by atoms with van der Waals surface area (Å²) in [5, 5.41) is 0. The highest BCUT2D eigenvalue weighted by atomic mass is 19.1. The standard InChI is InChI=1S/C13H19FN4O2/c1-17(2)12(19)8-18(3)7-10-6-9(13(20)16-15)4-5-11(10)14/h4-6H,7-8,15H2,1-3H3,(H,16,20). The number of likely N-dealkylation sites (N-methyl/N-ethyl adjacent to an activating group) is 2. The van der Waals surface area contributed by atoms with Crippen molar-refractivity contribution in [2.75, 3.05) is 27.7 Å². The minimum absolute atomic E-state index is 0.0798. The monoisotopic (exact) mass is 282 g/mol. The molecule has 0 saturated carbocycles. The molecule has 0 saturated heterocycles. The average molecular weight is 282 g/mol. The summed E-state index contributed by atoms with van der Waals surface area (Å²) in [6.45, 7) is 0.386. The summed E-state index contributed by atoms with van der Waals surface area (Å²) in [7, 11) is 5.02. The number of carbonyl (C=O) groups excluding carboxylic acids is 2. The Morgan fingerprint density at radius 1 is 1.30 bits per heavy atom. The van der Waals surface area contributed by atoms with Gasteiger partial charge in [0.15, 0.2) is 0 Å². The van der Waals surface area contributed by atoms with Crippen LogP contribution in [0.4, 0.5) is 4.39 Å². The van der Waals surface area contributed by atoms with Gasteiger partial charge in [-0.1, -0.05) is 0 Å². The van der Waals surface area contributed by atoms with Gasteiger partial charge in [0, 0.05) is 31.8 Å². The van der Waals surface area contributed by atoms with Gasteiger partial charge < -0.3 is 4.90 Å². The predicted molar refractivity (Wildman–Crippen MR) is 73.1 cm³/mol. The Morgan fingerprint density at radius 2 is 1.95 bits per heavy atom. The maximum Gasteiger partial charge on any atom is 0.265 e. The molecule has 0 radical (unpaired) electrons. The van der Waals surface area contributed by atoms with Crippen molar-refractivity contribution in [3.63, 3.8) is 0 Å². The number of benzene rings is 1. The van der Waals surface area contributed by atoms with Crippen LogP contribution in [0.2, 0.25) is 0 Å². The highest BCUT2D eigenvalue weighted by Crippen LogP contribution is 2.12. The van der Waals surface area contributed by atoms with E-state index in [-0.39, 0.29) is 24.6 Å². The summed E-state index contributed by atoms with van der Waals surface area (Å²) in [5.74, 6) is 4.04. The van der Waals surface area contributed by atoms with Crippen molar-refractivity contribution in [1.82, 2.24) is 15.2 Å². The smallest absolute Gasteiger partial charge is 0.265 e. The quantitative estimate of drug-likeness (QED) is 0.451. The molecule has 0 aliphatic rings. The Balaban J connectivity index is 2.81. The van der Waals surface area contributed by atoms with E-state index in [0.717, 1.165) is 0 Å². The second-order valence-corrected chi connectivity index (χ2v) is 4.74. The molecular formula is C13H19FN4O2. The number of nitrogen functional groups attached to an aromatic ring is 1. The number of hydrazine groups is 1. The minimum atomic E-state index is -0.488. The third kappa shape index (κ3) is 4.29. The SMILES string of the molecule is CN(CC(=O)N(C)C)Cc1cc(C(=O)NN)ccc1F. The Bertz CT molecular complexity index is 505. The van der Waals surface area contributed by atoms with Crippen LogP contribution in [0, 0.1) is 5.82 Å². The van der Waals surface area contributed by atoms with E-state index in [0.29, 0.717) is 5.56 Å². The summed E-state index contributed by atoms with van der Waals surface area (Å²) in [6.07, 6.45) is 0. The summed E-state index contributed by atoms with van der Waals surface area (Å²) < 4.78 is 13.7. The van der Waals surface area contributed by atoms with Crippen LogP contribution in [-0.2, 0) is 11.3 Å². The lowest BCUT2D eigenvalue weighted by Crippen LogP contribution is -2.34. The zero-order valence-electron chi connectivity index (χ0n) is 11.8. The molecule has 20 heavy (non-hydrogen) atoms. The van der Waals surface area contributed by atoms with Crippen molar-refractivity contribution in [1.29, 1.82) is 0 Å².